The van der Waals surface area contributed by atoms with Gasteiger partial charge < -0.3 is 14.0 Å². The standard InChI is InChI=1S/C9H18O4Si/c1-7(2)9(11)8(10)6-14(5,12-3)13-4/h8,10H,1,6H2,2-5H3. The maximum atomic E-state index is 11.3. The summed E-state index contributed by atoms with van der Waals surface area (Å²) in [4.78, 5) is 11.3. The Labute approximate surface area is 85.8 Å². The second kappa shape index (κ2) is 5.40. The van der Waals surface area contributed by atoms with Gasteiger partial charge in [0.05, 0.1) is 0 Å². The summed E-state index contributed by atoms with van der Waals surface area (Å²) in [6.45, 7) is 6.85. The number of ketones is 1. The van der Waals surface area contributed by atoms with Crippen LogP contribution in [0, 0.1) is 0 Å². The van der Waals surface area contributed by atoms with Gasteiger partial charge in [-0.15, -0.1) is 0 Å². The van der Waals surface area contributed by atoms with E-state index >= 15 is 0 Å². The van der Waals surface area contributed by atoms with Gasteiger partial charge >= 0.3 is 8.56 Å². The number of Topliss-reactive ketones (excluding diaryl/α,β-unsaturated/α-hetero) is 1. The van der Waals surface area contributed by atoms with Crippen molar-refractivity contribution in [3.05, 3.63) is 12.2 Å². The number of aliphatic hydroxyl groups is 1. The third kappa shape index (κ3) is 3.71. The average molecular weight is 218 g/mol. The van der Waals surface area contributed by atoms with Gasteiger partial charge in [-0.1, -0.05) is 6.58 Å². The predicted octanol–water partition coefficient (Wildman–Crippen LogP) is 0.857. The molecule has 14 heavy (non-hydrogen) atoms. The first-order valence-corrected chi connectivity index (χ1v) is 6.86. The van der Waals surface area contributed by atoms with Gasteiger partial charge in [0.1, 0.15) is 6.10 Å². The molecule has 0 aliphatic heterocycles. The Morgan fingerprint density at radius 2 is 1.93 bits per heavy atom. The molecular weight excluding hydrogens is 200 g/mol. The highest BCUT2D eigenvalue weighted by Gasteiger charge is 2.34. The monoisotopic (exact) mass is 218 g/mol. The molecule has 0 aromatic heterocycles. The summed E-state index contributed by atoms with van der Waals surface area (Å²) >= 11 is 0. The third-order valence-electron chi connectivity index (χ3n) is 2.15. The second-order valence-electron chi connectivity index (χ2n) is 3.41. The fraction of sp³-hybridized carbons (Fsp3) is 0.667. The first-order chi connectivity index (χ1) is 6.36. The van der Waals surface area contributed by atoms with E-state index in [2.05, 4.69) is 6.58 Å². The molecule has 0 aromatic rings. The zero-order valence-electron chi connectivity index (χ0n) is 9.16. The fourth-order valence-corrected chi connectivity index (χ4v) is 2.37. The molecule has 0 amide bonds. The molecule has 0 saturated heterocycles. The first kappa shape index (κ1) is 13.5. The average Bonchev–Trinajstić information content (AvgIpc) is 2.16. The lowest BCUT2D eigenvalue weighted by molar-refractivity contribution is -0.122. The quantitative estimate of drug-likeness (QED) is 0.530. The molecule has 0 aliphatic carbocycles. The van der Waals surface area contributed by atoms with Gasteiger partial charge in [-0.3, -0.25) is 4.79 Å². The number of hydrogen-bond acceptors (Lipinski definition) is 4. The van der Waals surface area contributed by atoms with Gasteiger partial charge in [-0.2, -0.15) is 0 Å². The van der Waals surface area contributed by atoms with E-state index in [0.29, 0.717) is 5.57 Å². The maximum absolute atomic E-state index is 11.3. The van der Waals surface area contributed by atoms with E-state index in [-0.39, 0.29) is 11.8 Å². The van der Waals surface area contributed by atoms with E-state index in [0.717, 1.165) is 0 Å². The number of aliphatic hydroxyl groups excluding tert-OH is 1. The Morgan fingerprint density at radius 3 is 2.21 bits per heavy atom. The fourth-order valence-electron chi connectivity index (χ4n) is 0.978. The van der Waals surface area contributed by atoms with E-state index < -0.39 is 14.7 Å². The van der Waals surface area contributed by atoms with Crippen molar-refractivity contribution in [3.63, 3.8) is 0 Å². The van der Waals surface area contributed by atoms with Crippen molar-refractivity contribution in [1.29, 1.82) is 0 Å². The summed E-state index contributed by atoms with van der Waals surface area (Å²) in [5.74, 6) is -0.349. The number of carbonyl (C=O) groups is 1. The van der Waals surface area contributed by atoms with Crippen LogP contribution in [0.25, 0.3) is 0 Å². The summed E-state index contributed by atoms with van der Waals surface area (Å²) in [7, 11) is 0.662. The number of rotatable bonds is 6. The van der Waals surface area contributed by atoms with Crippen molar-refractivity contribution in [3.8, 4) is 0 Å². The largest absolute Gasteiger partial charge is 0.398 e. The first-order valence-electron chi connectivity index (χ1n) is 4.34. The van der Waals surface area contributed by atoms with Crippen LogP contribution < -0.4 is 0 Å². The molecule has 0 aromatic carbocycles. The summed E-state index contributed by atoms with van der Waals surface area (Å²) < 4.78 is 10.3. The Balaban J connectivity index is 4.37. The molecule has 1 N–H and O–H groups in total. The maximum Gasteiger partial charge on any atom is 0.337 e. The van der Waals surface area contributed by atoms with Gasteiger partial charge in [-0.05, 0) is 19.0 Å². The van der Waals surface area contributed by atoms with Crippen LogP contribution in [0.15, 0.2) is 12.2 Å². The molecule has 82 valence electrons. The molecule has 0 rings (SSSR count). The van der Waals surface area contributed by atoms with Crippen LogP contribution in [-0.2, 0) is 13.6 Å². The zero-order valence-corrected chi connectivity index (χ0v) is 10.2. The zero-order chi connectivity index (χ0) is 11.4. The Hall–Kier alpha value is -0.493. The molecule has 1 atom stereocenters. The molecular formula is C9H18O4Si. The smallest absolute Gasteiger partial charge is 0.337 e. The molecule has 0 aliphatic rings. The summed E-state index contributed by atoms with van der Waals surface area (Å²) in [6.07, 6.45) is -1.07. The van der Waals surface area contributed by atoms with Gasteiger partial charge in [0.15, 0.2) is 5.78 Å². The molecule has 0 spiro atoms. The van der Waals surface area contributed by atoms with Gasteiger partial charge in [-0.25, -0.2) is 0 Å². The summed E-state index contributed by atoms with van der Waals surface area (Å²) in [6, 6.07) is 0.228. The summed E-state index contributed by atoms with van der Waals surface area (Å²) in [5.41, 5.74) is 0.348. The van der Waals surface area contributed by atoms with E-state index in [1.54, 1.807) is 13.5 Å². The van der Waals surface area contributed by atoms with Gasteiger partial charge in [0.2, 0.25) is 0 Å². The molecule has 0 bridgehead atoms. The van der Waals surface area contributed by atoms with Gasteiger partial charge in [0.25, 0.3) is 0 Å². The third-order valence-corrected chi connectivity index (χ3v) is 5.01. The van der Waals surface area contributed by atoms with Crippen LogP contribution in [0.2, 0.25) is 12.6 Å². The van der Waals surface area contributed by atoms with Crippen molar-refractivity contribution < 1.29 is 18.8 Å². The van der Waals surface area contributed by atoms with Crippen molar-refractivity contribution in [1.82, 2.24) is 0 Å². The molecule has 0 heterocycles. The lowest BCUT2D eigenvalue weighted by Gasteiger charge is -2.24. The minimum Gasteiger partial charge on any atom is -0.398 e. The highest BCUT2D eigenvalue weighted by molar-refractivity contribution is 6.66. The molecule has 1 unspecified atom stereocenters. The lowest BCUT2D eigenvalue weighted by atomic mass is 10.1. The lowest BCUT2D eigenvalue weighted by Crippen LogP contribution is -2.42. The van der Waals surface area contributed by atoms with Crippen molar-refractivity contribution in [2.24, 2.45) is 0 Å². The van der Waals surface area contributed by atoms with Crippen molar-refractivity contribution in [2.75, 3.05) is 14.2 Å². The molecule has 0 saturated carbocycles. The molecule has 5 heteroatoms. The van der Waals surface area contributed by atoms with E-state index in [9.17, 15) is 9.90 Å². The van der Waals surface area contributed by atoms with Crippen LogP contribution in [0.1, 0.15) is 6.92 Å². The number of hydrogen-bond donors (Lipinski definition) is 1. The Bertz CT molecular complexity index is 223. The van der Waals surface area contributed by atoms with Crippen LogP contribution in [0.5, 0.6) is 0 Å². The van der Waals surface area contributed by atoms with Crippen LogP contribution in [-0.4, -0.2) is 39.8 Å². The van der Waals surface area contributed by atoms with E-state index in [1.807, 2.05) is 0 Å². The van der Waals surface area contributed by atoms with Gasteiger partial charge in [0, 0.05) is 20.3 Å². The Morgan fingerprint density at radius 1 is 1.50 bits per heavy atom. The van der Waals surface area contributed by atoms with Crippen molar-refractivity contribution in [2.45, 2.75) is 25.6 Å². The SMILES string of the molecule is C=C(C)C(=O)C(O)C[Si](C)(OC)OC. The Kier molecular flexibility index (Phi) is 5.21. The highest BCUT2D eigenvalue weighted by Crippen LogP contribution is 2.15. The molecule has 0 radical (unpaired) electrons. The van der Waals surface area contributed by atoms with E-state index in [4.69, 9.17) is 8.85 Å². The molecule has 0 fully saturated rings. The highest BCUT2D eigenvalue weighted by atomic mass is 28.4. The van der Waals surface area contributed by atoms with Crippen molar-refractivity contribution >= 4 is 14.3 Å². The normalized spacial score (nSPS) is 13.8. The second-order valence-corrected chi connectivity index (χ2v) is 6.90. The van der Waals surface area contributed by atoms with Crippen LogP contribution in [0.3, 0.4) is 0 Å². The summed E-state index contributed by atoms with van der Waals surface area (Å²) in [5, 5.41) is 9.55. The minimum absolute atomic E-state index is 0.228. The number of carbonyl (C=O) groups excluding carboxylic acids is 1. The topological polar surface area (TPSA) is 55.8 Å². The molecule has 4 nitrogen and oxygen atoms in total. The predicted molar refractivity (Wildman–Crippen MR) is 56.3 cm³/mol. The minimum atomic E-state index is -2.38. The van der Waals surface area contributed by atoms with Crippen LogP contribution >= 0.6 is 0 Å². The van der Waals surface area contributed by atoms with E-state index in [1.165, 1.54) is 14.2 Å². The van der Waals surface area contributed by atoms with Crippen LogP contribution in [0.4, 0.5) is 0 Å².